The van der Waals surface area contributed by atoms with E-state index in [0.29, 0.717) is 4.91 Å². The Balaban J connectivity index is 1.67. The largest absolute Gasteiger partial charge is 0.283 e. The molecule has 0 radical (unpaired) electrons. The SMILES string of the molecule is CCc1ccc(N=C2S/C(=C/c3ccc(F)cc3)C(=O)N2C2CCCCC2)cc1. The van der Waals surface area contributed by atoms with Gasteiger partial charge in [0, 0.05) is 6.04 Å². The second kappa shape index (κ2) is 8.95. The number of aliphatic imine (C=N–C) groups is 1. The summed E-state index contributed by atoms with van der Waals surface area (Å²) in [5.41, 5.74) is 2.95. The van der Waals surface area contributed by atoms with E-state index < -0.39 is 0 Å². The number of rotatable bonds is 4. The van der Waals surface area contributed by atoms with Gasteiger partial charge >= 0.3 is 0 Å². The molecule has 5 heteroatoms. The Morgan fingerprint density at radius 1 is 1.07 bits per heavy atom. The molecule has 2 fully saturated rings. The average Bonchev–Trinajstić information content (AvgIpc) is 3.05. The van der Waals surface area contributed by atoms with Crippen molar-refractivity contribution in [1.82, 2.24) is 4.90 Å². The van der Waals surface area contributed by atoms with E-state index in [1.165, 1.54) is 35.9 Å². The molecule has 0 atom stereocenters. The highest BCUT2D eigenvalue weighted by Gasteiger charge is 2.38. The number of benzene rings is 2. The fourth-order valence-corrected chi connectivity index (χ4v) is 4.91. The van der Waals surface area contributed by atoms with Gasteiger partial charge in [0.2, 0.25) is 0 Å². The average molecular weight is 409 g/mol. The fraction of sp³-hybridized carbons (Fsp3) is 0.333. The number of hydrogen-bond acceptors (Lipinski definition) is 3. The minimum absolute atomic E-state index is 0.00940. The van der Waals surface area contributed by atoms with Crippen molar-refractivity contribution < 1.29 is 9.18 Å². The summed E-state index contributed by atoms with van der Waals surface area (Å²) in [7, 11) is 0. The van der Waals surface area contributed by atoms with Crippen LogP contribution in [0.3, 0.4) is 0 Å². The molecule has 1 aliphatic carbocycles. The van der Waals surface area contributed by atoms with Crippen LogP contribution in [0, 0.1) is 5.82 Å². The number of nitrogens with zero attached hydrogens (tertiary/aromatic N) is 2. The topological polar surface area (TPSA) is 32.7 Å². The lowest BCUT2D eigenvalue weighted by Crippen LogP contribution is -2.40. The molecule has 2 aromatic rings. The maximum atomic E-state index is 13.3. The first-order valence-electron chi connectivity index (χ1n) is 10.3. The lowest BCUT2D eigenvalue weighted by atomic mass is 9.94. The van der Waals surface area contributed by atoms with Gasteiger partial charge in [0.15, 0.2) is 5.17 Å². The van der Waals surface area contributed by atoms with Gasteiger partial charge in [0.05, 0.1) is 10.6 Å². The van der Waals surface area contributed by atoms with Crippen LogP contribution in [0.4, 0.5) is 10.1 Å². The van der Waals surface area contributed by atoms with Crippen LogP contribution in [-0.2, 0) is 11.2 Å². The van der Waals surface area contributed by atoms with E-state index in [2.05, 4.69) is 19.1 Å². The number of carbonyl (C=O) groups excluding carboxylic acids is 1. The van der Waals surface area contributed by atoms with E-state index in [1.807, 2.05) is 23.1 Å². The molecular weight excluding hydrogens is 383 g/mol. The van der Waals surface area contributed by atoms with Crippen LogP contribution < -0.4 is 0 Å². The number of halogens is 1. The van der Waals surface area contributed by atoms with Crippen molar-refractivity contribution in [2.45, 2.75) is 51.5 Å². The predicted octanol–water partition coefficient (Wildman–Crippen LogP) is 6.32. The Kier molecular flexibility index (Phi) is 6.14. The third-order valence-electron chi connectivity index (χ3n) is 5.51. The van der Waals surface area contributed by atoms with Crippen LogP contribution in [0.2, 0.25) is 0 Å². The van der Waals surface area contributed by atoms with Gasteiger partial charge < -0.3 is 0 Å². The number of aryl methyl sites for hydroxylation is 1. The minimum atomic E-state index is -0.279. The van der Waals surface area contributed by atoms with Crippen molar-refractivity contribution >= 4 is 34.6 Å². The summed E-state index contributed by atoms with van der Waals surface area (Å²) >= 11 is 1.42. The Bertz CT molecular complexity index is 928. The standard InChI is InChI=1S/C24H25FN2OS/c1-2-17-10-14-20(15-11-17)26-24-27(21-6-4-3-5-7-21)23(28)22(29-24)16-18-8-12-19(25)13-9-18/h8-16,21H,2-7H2,1H3/b22-16+,26-24?. The molecule has 0 spiro atoms. The maximum Gasteiger partial charge on any atom is 0.267 e. The number of amides is 1. The zero-order valence-corrected chi connectivity index (χ0v) is 17.4. The van der Waals surface area contributed by atoms with Crippen LogP contribution in [0.15, 0.2) is 58.4 Å². The molecule has 0 unspecified atom stereocenters. The van der Waals surface area contributed by atoms with Crippen LogP contribution in [0.5, 0.6) is 0 Å². The first-order chi connectivity index (χ1) is 14.1. The molecule has 29 heavy (non-hydrogen) atoms. The van der Waals surface area contributed by atoms with Crippen LogP contribution in [0.1, 0.15) is 50.2 Å². The zero-order chi connectivity index (χ0) is 20.2. The monoisotopic (exact) mass is 408 g/mol. The van der Waals surface area contributed by atoms with Gasteiger partial charge in [0.25, 0.3) is 5.91 Å². The molecular formula is C24H25FN2OS. The van der Waals surface area contributed by atoms with Gasteiger partial charge in [-0.2, -0.15) is 0 Å². The molecule has 1 aliphatic heterocycles. The van der Waals surface area contributed by atoms with E-state index in [1.54, 1.807) is 12.1 Å². The number of carbonyl (C=O) groups is 1. The van der Waals surface area contributed by atoms with Gasteiger partial charge in [0.1, 0.15) is 5.82 Å². The Morgan fingerprint density at radius 2 is 1.76 bits per heavy atom. The molecule has 3 nitrogen and oxygen atoms in total. The highest BCUT2D eigenvalue weighted by molar-refractivity contribution is 8.18. The number of amidine groups is 1. The van der Waals surface area contributed by atoms with Crippen LogP contribution in [-0.4, -0.2) is 22.0 Å². The van der Waals surface area contributed by atoms with Crippen molar-refractivity contribution in [3.8, 4) is 0 Å². The Labute approximate surface area is 175 Å². The summed E-state index contributed by atoms with van der Waals surface area (Å²) in [5.74, 6) is -0.269. The van der Waals surface area contributed by atoms with Crippen LogP contribution in [0.25, 0.3) is 6.08 Å². The summed E-state index contributed by atoms with van der Waals surface area (Å²) in [6.45, 7) is 2.13. The second-order valence-electron chi connectivity index (χ2n) is 7.54. The molecule has 1 amide bonds. The number of thioether (sulfide) groups is 1. The zero-order valence-electron chi connectivity index (χ0n) is 16.6. The first-order valence-corrected chi connectivity index (χ1v) is 11.1. The predicted molar refractivity (Wildman–Crippen MR) is 119 cm³/mol. The van der Waals surface area contributed by atoms with E-state index in [9.17, 15) is 9.18 Å². The number of hydrogen-bond donors (Lipinski definition) is 0. The quantitative estimate of drug-likeness (QED) is 0.554. The smallest absolute Gasteiger partial charge is 0.267 e. The molecule has 150 valence electrons. The third-order valence-corrected chi connectivity index (χ3v) is 6.50. The molecule has 2 aromatic carbocycles. The summed E-state index contributed by atoms with van der Waals surface area (Å²) in [5, 5.41) is 0.750. The second-order valence-corrected chi connectivity index (χ2v) is 8.55. The van der Waals surface area contributed by atoms with Gasteiger partial charge in [-0.25, -0.2) is 9.38 Å². The van der Waals surface area contributed by atoms with Crippen LogP contribution >= 0.6 is 11.8 Å². The van der Waals surface area contributed by atoms with E-state index >= 15 is 0 Å². The van der Waals surface area contributed by atoms with Crippen molar-refractivity contribution in [1.29, 1.82) is 0 Å². The molecule has 1 saturated heterocycles. The molecule has 4 rings (SSSR count). The lowest BCUT2D eigenvalue weighted by molar-refractivity contribution is -0.124. The van der Waals surface area contributed by atoms with Gasteiger partial charge in [-0.3, -0.25) is 9.69 Å². The normalized spacial score (nSPS) is 20.8. The summed E-state index contributed by atoms with van der Waals surface area (Å²) in [6, 6.07) is 14.6. The van der Waals surface area contributed by atoms with Crippen molar-refractivity contribution in [2.75, 3.05) is 0 Å². The van der Waals surface area contributed by atoms with Crippen molar-refractivity contribution in [3.63, 3.8) is 0 Å². The summed E-state index contributed by atoms with van der Waals surface area (Å²) in [4.78, 5) is 20.6. The van der Waals surface area contributed by atoms with Crippen molar-refractivity contribution in [3.05, 3.63) is 70.4 Å². The first kappa shape index (κ1) is 19.9. The summed E-state index contributed by atoms with van der Waals surface area (Å²) < 4.78 is 13.2. The van der Waals surface area contributed by atoms with E-state index in [4.69, 9.17) is 4.99 Å². The van der Waals surface area contributed by atoms with Gasteiger partial charge in [-0.05, 0) is 72.5 Å². The highest BCUT2D eigenvalue weighted by Crippen LogP contribution is 2.38. The molecule has 1 saturated carbocycles. The van der Waals surface area contributed by atoms with Crippen molar-refractivity contribution in [2.24, 2.45) is 4.99 Å². The lowest BCUT2D eigenvalue weighted by Gasteiger charge is -2.30. The molecule has 0 N–H and O–H groups in total. The summed E-state index contributed by atoms with van der Waals surface area (Å²) in [6.07, 6.45) is 8.39. The van der Waals surface area contributed by atoms with Gasteiger partial charge in [-0.1, -0.05) is 50.5 Å². The molecule has 0 bridgehead atoms. The third kappa shape index (κ3) is 4.61. The molecule has 0 aromatic heterocycles. The van der Waals surface area contributed by atoms with E-state index in [-0.39, 0.29) is 17.8 Å². The minimum Gasteiger partial charge on any atom is -0.283 e. The Morgan fingerprint density at radius 3 is 2.41 bits per heavy atom. The maximum absolute atomic E-state index is 13.3. The van der Waals surface area contributed by atoms with Gasteiger partial charge in [-0.15, -0.1) is 0 Å². The Hall–Kier alpha value is -2.40. The van der Waals surface area contributed by atoms with E-state index in [0.717, 1.165) is 48.5 Å². The molecule has 2 aliphatic rings. The molecule has 1 heterocycles. The highest BCUT2D eigenvalue weighted by atomic mass is 32.2. The fourth-order valence-electron chi connectivity index (χ4n) is 3.85.